The third kappa shape index (κ3) is 2.62. The van der Waals surface area contributed by atoms with Gasteiger partial charge < -0.3 is 9.15 Å². The zero-order valence-electron chi connectivity index (χ0n) is 8.55. The zero-order valence-corrected chi connectivity index (χ0v) is 10.1. The van der Waals surface area contributed by atoms with Crippen LogP contribution in [0, 0.1) is 0 Å². The first-order valence-electron chi connectivity index (χ1n) is 4.71. The number of hydrogen-bond acceptors (Lipinski definition) is 4. The highest BCUT2D eigenvalue weighted by atomic mass is 79.9. The molecule has 2 aromatic rings. The molecule has 2 rings (SSSR count). The molecule has 1 aromatic heterocycles. The minimum absolute atomic E-state index is 0.0877. The highest BCUT2D eigenvalue weighted by molar-refractivity contribution is 9.10. The standard InChI is InChI=1S/C12H7BrO4/c13-9-3-4-10(8(6-9)7-14)17-12(15)11-2-1-5-16-11/h1-7H. The van der Waals surface area contributed by atoms with Gasteiger partial charge in [0.2, 0.25) is 5.76 Å². The Morgan fingerprint density at radius 2 is 2.18 bits per heavy atom. The number of rotatable bonds is 3. The maximum atomic E-state index is 11.6. The monoisotopic (exact) mass is 294 g/mol. The van der Waals surface area contributed by atoms with Gasteiger partial charge in [-0.15, -0.1) is 0 Å². The number of furan rings is 1. The van der Waals surface area contributed by atoms with E-state index in [0.29, 0.717) is 11.8 Å². The van der Waals surface area contributed by atoms with Crippen LogP contribution in [0.2, 0.25) is 0 Å². The van der Waals surface area contributed by atoms with Gasteiger partial charge in [-0.1, -0.05) is 15.9 Å². The molecule has 0 N–H and O–H groups in total. The van der Waals surface area contributed by atoms with E-state index in [1.54, 1.807) is 18.2 Å². The Morgan fingerprint density at radius 1 is 1.35 bits per heavy atom. The lowest BCUT2D eigenvalue weighted by Gasteiger charge is -2.05. The van der Waals surface area contributed by atoms with Gasteiger partial charge in [0, 0.05) is 4.47 Å². The molecule has 0 radical (unpaired) electrons. The van der Waals surface area contributed by atoms with Crippen molar-refractivity contribution in [2.75, 3.05) is 0 Å². The summed E-state index contributed by atoms with van der Waals surface area (Å²) < 4.78 is 10.7. The highest BCUT2D eigenvalue weighted by Crippen LogP contribution is 2.22. The second kappa shape index (κ2) is 4.97. The van der Waals surface area contributed by atoms with E-state index < -0.39 is 5.97 Å². The van der Waals surface area contributed by atoms with Crippen LogP contribution in [-0.4, -0.2) is 12.3 Å². The van der Waals surface area contributed by atoms with Crippen molar-refractivity contribution in [1.82, 2.24) is 0 Å². The van der Waals surface area contributed by atoms with E-state index in [1.807, 2.05) is 0 Å². The van der Waals surface area contributed by atoms with Crippen molar-refractivity contribution in [3.8, 4) is 5.75 Å². The number of carbonyl (C=O) groups excluding carboxylic acids is 2. The zero-order chi connectivity index (χ0) is 12.3. The fourth-order valence-electron chi connectivity index (χ4n) is 1.25. The fraction of sp³-hybridized carbons (Fsp3) is 0. The lowest BCUT2D eigenvalue weighted by molar-refractivity contribution is 0.0700. The molecule has 0 saturated carbocycles. The first kappa shape index (κ1) is 11.6. The van der Waals surface area contributed by atoms with Gasteiger partial charge in [-0.2, -0.15) is 0 Å². The van der Waals surface area contributed by atoms with Crippen LogP contribution >= 0.6 is 15.9 Å². The van der Waals surface area contributed by atoms with Crippen molar-refractivity contribution in [1.29, 1.82) is 0 Å². The molecular formula is C12H7BrO4. The summed E-state index contributed by atoms with van der Waals surface area (Å²) in [5.41, 5.74) is 0.291. The lowest BCUT2D eigenvalue weighted by Crippen LogP contribution is -2.08. The maximum Gasteiger partial charge on any atom is 0.379 e. The van der Waals surface area contributed by atoms with Crippen LogP contribution in [0.15, 0.2) is 45.5 Å². The summed E-state index contributed by atoms with van der Waals surface area (Å²) in [4.78, 5) is 22.4. The highest BCUT2D eigenvalue weighted by Gasteiger charge is 2.13. The molecule has 5 heteroatoms. The van der Waals surface area contributed by atoms with E-state index in [9.17, 15) is 9.59 Å². The van der Waals surface area contributed by atoms with Crippen LogP contribution in [0.5, 0.6) is 5.75 Å². The van der Waals surface area contributed by atoms with Crippen LogP contribution in [0.3, 0.4) is 0 Å². The predicted molar refractivity (Wildman–Crippen MR) is 63.2 cm³/mol. The van der Waals surface area contributed by atoms with Crippen molar-refractivity contribution in [2.45, 2.75) is 0 Å². The lowest BCUT2D eigenvalue weighted by atomic mass is 10.2. The number of carbonyl (C=O) groups is 2. The Bertz CT molecular complexity index is 546. The van der Waals surface area contributed by atoms with Crippen LogP contribution in [0.25, 0.3) is 0 Å². The van der Waals surface area contributed by atoms with E-state index >= 15 is 0 Å². The van der Waals surface area contributed by atoms with E-state index in [1.165, 1.54) is 18.4 Å². The third-order valence-corrected chi connectivity index (χ3v) is 2.52. The summed E-state index contributed by atoms with van der Waals surface area (Å²) in [6.07, 6.45) is 1.99. The van der Waals surface area contributed by atoms with Gasteiger partial charge in [-0.3, -0.25) is 4.79 Å². The summed E-state index contributed by atoms with van der Waals surface area (Å²) in [6, 6.07) is 7.85. The van der Waals surface area contributed by atoms with Crippen LogP contribution < -0.4 is 4.74 Å². The van der Waals surface area contributed by atoms with Crippen molar-refractivity contribution in [3.05, 3.63) is 52.4 Å². The third-order valence-electron chi connectivity index (χ3n) is 2.02. The first-order chi connectivity index (χ1) is 8.20. The number of benzene rings is 1. The summed E-state index contributed by atoms with van der Waals surface area (Å²) in [6.45, 7) is 0. The molecular weight excluding hydrogens is 288 g/mol. The maximum absolute atomic E-state index is 11.6. The minimum Gasteiger partial charge on any atom is -0.457 e. The number of hydrogen-bond donors (Lipinski definition) is 0. The van der Waals surface area contributed by atoms with Gasteiger partial charge in [0.1, 0.15) is 5.75 Å². The fourth-order valence-corrected chi connectivity index (χ4v) is 1.63. The molecule has 0 aliphatic heterocycles. The number of esters is 1. The molecule has 4 nitrogen and oxygen atoms in total. The van der Waals surface area contributed by atoms with Gasteiger partial charge >= 0.3 is 5.97 Å². The van der Waals surface area contributed by atoms with Crippen LogP contribution in [0.4, 0.5) is 0 Å². The molecule has 0 fully saturated rings. The normalized spacial score (nSPS) is 9.94. The largest absolute Gasteiger partial charge is 0.457 e. The van der Waals surface area contributed by atoms with Gasteiger partial charge in [0.15, 0.2) is 6.29 Å². The Morgan fingerprint density at radius 3 is 2.82 bits per heavy atom. The van der Waals surface area contributed by atoms with Gasteiger partial charge in [0.25, 0.3) is 0 Å². The Hall–Kier alpha value is -1.88. The summed E-state index contributed by atoms with van der Waals surface area (Å²) in [7, 11) is 0. The van der Waals surface area contributed by atoms with Crippen molar-refractivity contribution >= 4 is 28.2 Å². The predicted octanol–water partition coefficient (Wildman–Crippen LogP) is 3.07. The second-order valence-corrected chi connectivity index (χ2v) is 4.08. The van der Waals surface area contributed by atoms with E-state index in [4.69, 9.17) is 9.15 Å². The smallest absolute Gasteiger partial charge is 0.379 e. The topological polar surface area (TPSA) is 56.5 Å². The molecule has 1 heterocycles. The average molecular weight is 295 g/mol. The number of halogens is 1. The Kier molecular flexibility index (Phi) is 3.39. The van der Waals surface area contributed by atoms with Crippen LogP contribution in [0.1, 0.15) is 20.9 Å². The molecule has 0 amide bonds. The minimum atomic E-state index is -0.638. The van der Waals surface area contributed by atoms with Gasteiger partial charge in [0.05, 0.1) is 11.8 Å². The quantitative estimate of drug-likeness (QED) is 0.496. The molecule has 0 saturated heterocycles. The van der Waals surface area contributed by atoms with Crippen molar-refractivity contribution in [3.63, 3.8) is 0 Å². The van der Waals surface area contributed by atoms with Gasteiger partial charge in [-0.05, 0) is 30.3 Å². The molecule has 1 aromatic carbocycles. The Labute approximate surface area is 105 Å². The first-order valence-corrected chi connectivity index (χ1v) is 5.50. The van der Waals surface area contributed by atoms with E-state index in [2.05, 4.69) is 15.9 Å². The average Bonchev–Trinajstić information content (AvgIpc) is 2.85. The molecule has 0 unspecified atom stereocenters. The molecule has 86 valence electrons. The molecule has 0 spiro atoms. The molecule has 0 aliphatic carbocycles. The molecule has 0 atom stereocenters. The van der Waals surface area contributed by atoms with Crippen molar-refractivity contribution < 1.29 is 18.7 Å². The van der Waals surface area contributed by atoms with E-state index in [0.717, 1.165) is 4.47 Å². The summed E-state index contributed by atoms with van der Waals surface area (Å²) in [5, 5.41) is 0. The number of ether oxygens (including phenoxy) is 1. The molecule has 17 heavy (non-hydrogen) atoms. The van der Waals surface area contributed by atoms with E-state index in [-0.39, 0.29) is 11.5 Å². The number of aldehydes is 1. The second-order valence-electron chi connectivity index (χ2n) is 3.17. The summed E-state index contributed by atoms with van der Waals surface area (Å²) in [5.74, 6) is -0.352. The Balaban J connectivity index is 2.24. The summed E-state index contributed by atoms with van der Waals surface area (Å²) >= 11 is 3.22. The molecule has 0 bridgehead atoms. The van der Waals surface area contributed by atoms with Crippen molar-refractivity contribution in [2.24, 2.45) is 0 Å². The van der Waals surface area contributed by atoms with Crippen LogP contribution in [-0.2, 0) is 0 Å². The SMILES string of the molecule is O=Cc1cc(Br)ccc1OC(=O)c1ccco1. The van der Waals surface area contributed by atoms with Gasteiger partial charge in [-0.25, -0.2) is 4.79 Å². The molecule has 0 aliphatic rings.